The van der Waals surface area contributed by atoms with Gasteiger partial charge in [0.25, 0.3) is 0 Å². The highest BCUT2D eigenvalue weighted by molar-refractivity contribution is 4.97. The van der Waals surface area contributed by atoms with Crippen molar-refractivity contribution in [2.24, 2.45) is 0 Å². The zero-order valence-electron chi connectivity index (χ0n) is 12.4. The molecule has 0 aromatic heterocycles. The fourth-order valence-corrected chi connectivity index (χ4v) is 4.48. The molecule has 2 unspecified atom stereocenters. The Kier molecular flexibility index (Phi) is 4.16. The lowest BCUT2D eigenvalue weighted by molar-refractivity contribution is 0.0184. The summed E-state index contributed by atoms with van der Waals surface area (Å²) >= 11 is 0. The van der Waals surface area contributed by atoms with Gasteiger partial charge in [-0.3, -0.25) is 0 Å². The van der Waals surface area contributed by atoms with Crippen molar-refractivity contribution in [2.75, 3.05) is 13.6 Å². The number of nitrogens with zero attached hydrogens (tertiary/aromatic N) is 1. The van der Waals surface area contributed by atoms with Gasteiger partial charge in [-0.05, 0) is 45.6 Å². The third-order valence-corrected chi connectivity index (χ3v) is 5.85. The van der Waals surface area contributed by atoms with E-state index in [1.54, 1.807) is 0 Å². The molecule has 0 aromatic carbocycles. The summed E-state index contributed by atoms with van der Waals surface area (Å²) in [4.78, 5) is 2.58. The topological polar surface area (TPSA) is 35.5 Å². The van der Waals surface area contributed by atoms with E-state index < -0.39 is 5.60 Å². The Morgan fingerprint density at radius 1 is 1.05 bits per heavy atom. The number of nitrogens with one attached hydrogen (secondary N) is 1. The maximum atomic E-state index is 10.7. The van der Waals surface area contributed by atoms with Crippen molar-refractivity contribution in [1.29, 1.82) is 0 Å². The van der Waals surface area contributed by atoms with Crippen molar-refractivity contribution >= 4 is 0 Å². The molecule has 3 rings (SSSR count). The minimum atomic E-state index is -0.418. The van der Waals surface area contributed by atoms with Crippen LogP contribution in [0.15, 0.2) is 0 Å². The van der Waals surface area contributed by atoms with Crippen molar-refractivity contribution in [3.63, 3.8) is 0 Å². The van der Waals surface area contributed by atoms with Crippen LogP contribution in [-0.4, -0.2) is 47.3 Å². The lowest BCUT2D eigenvalue weighted by Gasteiger charge is -2.38. The Balaban J connectivity index is 1.49. The zero-order valence-corrected chi connectivity index (χ0v) is 12.4. The Morgan fingerprint density at radius 2 is 1.63 bits per heavy atom. The van der Waals surface area contributed by atoms with E-state index in [0.717, 1.165) is 31.5 Å². The van der Waals surface area contributed by atoms with Crippen LogP contribution in [0.25, 0.3) is 0 Å². The van der Waals surface area contributed by atoms with Crippen LogP contribution in [0.3, 0.4) is 0 Å². The minimum absolute atomic E-state index is 0.418. The number of piperidine rings is 1. The maximum absolute atomic E-state index is 10.7. The molecule has 2 atom stereocenters. The zero-order chi connectivity index (χ0) is 13.3. The third-order valence-electron chi connectivity index (χ3n) is 5.85. The number of hydrogen-bond acceptors (Lipinski definition) is 3. The second kappa shape index (κ2) is 5.71. The third kappa shape index (κ3) is 3.14. The monoisotopic (exact) mass is 266 g/mol. The number of rotatable bonds is 3. The highest BCUT2D eigenvalue weighted by Gasteiger charge is 2.39. The van der Waals surface area contributed by atoms with Crippen LogP contribution in [0.1, 0.15) is 64.2 Å². The molecule has 0 aromatic rings. The van der Waals surface area contributed by atoms with E-state index in [0.29, 0.717) is 6.04 Å². The smallest absolute Gasteiger partial charge is 0.0771 e. The molecule has 2 heterocycles. The molecule has 19 heavy (non-hydrogen) atoms. The summed E-state index contributed by atoms with van der Waals surface area (Å²) in [7, 11) is 2.29. The molecule has 110 valence electrons. The molecule has 2 bridgehead atoms. The van der Waals surface area contributed by atoms with Gasteiger partial charge in [0.05, 0.1) is 5.60 Å². The lowest BCUT2D eigenvalue weighted by Crippen LogP contribution is -2.51. The van der Waals surface area contributed by atoms with Gasteiger partial charge in [0.15, 0.2) is 0 Å². The van der Waals surface area contributed by atoms with Crippen molar-refractivity contribution < 1.29 is 5.11 Å². The molecule has 3 heteroatoms. The molecule has 1 aliphatic carbocycles. The van der Waals surface area contributed by atoms with Gasteiger partial charge < -0.3 is 15.3 Å². The summed E-state index contributed by atoms with van der Waals surface area (Å²) in [5.74, 6) is 0. The SMILES string of the molecule is CN1C2CCC1CC(NCC1(O)CCCCCC1)C2. The van der Waals surface area contributed by atoms with Gasteiger partial charge in [-0.25, -0.2) is 0 Å². The summed E-state index contributed by atoms with van der Waals surface area (Å²) in [6.07, 6.45) is 12.3. The van der Waals surface area contributed by atoms with E-state index in [1.165, 1.54) is 51.4 Å². The average molecular weight is 266 g/mol. The normalized spacial score (nSPS) is 39.2. The molecule has 3 fully saturated rings. The predicted molar refractivity (Wildman–Crippen MR) is 78.2 cm³/mol. The lowest BCUT2D eigenvalue weighted by atomic mass is 9.92. The Hall–Kier alpha value is -0.120. The van der Waals surface area contributed by atoms with Crippen molar-refractivity contribution in [2.45, 2.75) is 87.9 Å². The molecule has 3 aliphatic rings. The second-order valence-electron chi connectivity index (χ2n) is 7.24. The first kappa shape index (κ1) is 13.8. The van der Waals surface area contributed by atoms with Crippen LogP contribution in [0.2, 0.25) is 0 Å². The number of hydrogen-bond donors (Lipinski definition) is 2. The molecule has 3 nitrogen and oxygen atoms in total. The van der Waals surface area contributed by atoms with Gasteiger partial charge in [-0.2, -0.15) is 0 Å². The fraction of sp³-hybridized carbons (Fsp3) is 1.00. The molecule has 0 radical (unpaired) electrons. The fourth-order valence-electron chi connectivity index (χ4n) is 4.48. The van der Waals surface area contributed by atoms with E-state index in [9.17, 15) is 5.11 Å². The maximum Gasteiger partial charge on any atom is 0.0771 e. The van der Waals surface area contributed by atoms with E-state index in [2.05, 4.69) is 17.3 Å². The number of fused-ring (bicyclic) bond motifs is 2. The van der Waals surface area contributed by atoms with Gasteiger partial charge in [0, 0.05) is 24.7 Å². The van der Waals surface area contributed by atoms with E-state index >= 15 is 0 Å². The largest absolute Gasteiger partial charge is 0.389 e. The summed E-state index contributed by atoms with van der Waals surface area (Å²) in [6, 6.07) is 2.22. The van der Waals surface area contributed by atoms with E-state index in [-0.39, 0.29) is 0 Å². The standard InChI is InChI=1S/C16H30N2O/c1-18-14-6-7-15(18)11-13(10-14)17-12-16(19)8-4-2-3-5-9-16/h13-15,17,19H,2-12H2,1H3. The molecule has 2 N–H and O–H groups in total. The molecule has 2 saturated heterocycles. The van der Waals surface area contributed by atoms with Crippen molar-refractivity contribution in [1.82, 2.24) is 10.2 Å². The highest BCUT2D eigenvalue weighted by Crippen LogP contribution is 2.34. The predicted octanol–water partition coefficient (Wildman–Crippen LogP) is 2.29. The van der Waals surface area contributed by atoms with Crippen LogP contribution in [-0.2, 0) is 0 Å². The van der Waals surface area contributed by atoms with Gasteiger partial charge >= 0.3 is 0 Å². The van der Waals surface area contributed by atoms with Crippen LogP contribution in [0, 0.1) is 0 Å². The minimum Gasteiger partial charge on any atom is -0.389 e. The summed E-state index contributed by atoms with van der Waals surface area (Å²) < 4.78 is 0. The van der Waals surface area contributed by atoms with Crippen LogP contribution in [0.5, 0.6) is 0 Å². The Bertz CT molecular complexity index is 285. The Labute approximate surface area is 117 Å². The first-order valence-corrected chi connectivity index (χ1v) is 8.34. The molecule has 0 spiro atoms. The van der Waals surface area contributed by atoms with E-state index in [1.807, 2.05) is 0 Å². The van der Waals surface area contributed by atoms with Crippen molar-refractivity contribution in [3.05, 3.63) is 0 Å². The first-order chi connectivity index (χ1) is 9.16. The van der Waals surface area contributed by atoms with Crippen LogP contribution >= 0.6 is 0 Å². The second-order valence-corrected chi connectivity index (χ2v) is 7.24. The van der Waals surface area contributed by atoms with Crippen molar-refractivity contribution in [3.8, 4) is 0 Å². The molecule has 2 aliphatic heterocycles. The van der Waals surface area contributed by atoms with E-state index in [4.69, 9.17) is 0 Å². The van der Waals surface area contributed by atoms with Gasteiger partial charge in [-0.1, -0.05) is 25.7 Å². The highest BCUT2D eigenvalue weighted by atomic mass is 16.3. The molecule has 0 amide bonds. The molecular formula is C16H30N2O. The van der Waals surface area contributed by atoms with Gasteiger partial charge in [0.1, 0.15) is 0 Å². The summed E-state index contributed by atoms with van der Waals surface area (Å²) in [6.45, 7) is 0.820. The molecular weight excluding hydrogens is 236 g/mol. The summed E-state index contributed by atoms with van der Waals surface area (Å²) in [5, 5.41) is 14.4. The average Bonchev–Trinajstić information content (AvgIpc) is 2.64. The van der Waals surface area contributed by atoms with Crippen LogP contribution < -0.4 is 5.32 Å². The van der Waals surface area contributed by atoms with Crippen LogP contribution in [0.4, 0.5) is 0 Å². The van der Waals surface area contributed by atoms with Gasteiger partial charge in [0.2, 0.25) is 0 Å². The Morgan fingerprint density at radius 3 is 2.21 bits per heavy atom. The summed E-state index contributed by atoms with van der Waals surface area (Å²) in [5.41, 5.74) is -0.418. The quantitative estimate of drug-likeness (QED) is 0.769. The molecule has 1 saturated carbocycles. The first-order valence-electron chi connectivity index (χ1n) is 8.34. The van der Waals surface area contributed by atoms with Gasteiger partial charge in [-0.15, -0.1) is 0 Å². The number of aliphatic hydroxyl groups is 1.